The molecule has 0 bridgehead atoms. The third kappa shape index (κ3) is 4.80. The third-order valence-corrected chi connectivity index (χ3v) is 12.5. The molecule has 0 amide bonds. The Morgan fingerprint density at radius 3 is 1.42 bits per heavy atom. The van der Waals surface area contributed by atoms with Gasteiger partial charge >= 0.3 is 0 Å². The Hall–Kier alpha value is -5.45. The van der Waals surface area contributed by atoms with E-state index in [9.17, 15) is 0 Å². The van der Waals surface area contributed by atoms with Crippen LogP contribution in [-0.2, 0) is 0 Å². The molecule has 0 fully saturated rings. The molecule has 45 heavy (non-hydrogen) atoms. The van der Waals surface area contributed by atoms with Crippen LogP contribution < -0.4 is 10.4 Å². The van der Waals surface area contributed by atoms with E-state index in [1.165, 1.54) is 21.5 Å². The summed E-state index contributed by atoms with van der Waals surface area (Å²) in [5.41, 5.74) is 10.2. The molecule has 0 spiro atoms. The van der Waals surface area contributed by atoms with E-state index in [0.29, 0.717) is 11.6 Å². The zero-order valence-corrected chi connectivity index (χ0v) is 26.3. The highest BCUT2D eigenvalue weighted by molar-refractivity contribution is 7.04. The highest BCUT2D eigenvalue weighted by atomic mass is 28.3. The first-order valence-electron chi connectivity index (χ1n) is 15.4. The van der Waals surface area contributed by atoms with Gasteiger partial charge in [-0.05, 0) is 62.0 Å². The fourth-order valence-corrected chi connectivity index (χ4v) is 10.2. The molecular weight excluding hydrogens is 563 g/mol. The SMILES string of the molecule is C[Si]1(C)c2ccccc2-c2cccc(-c3nc(-c4ccccc4)nc(-c4cc(-c5ccccc5)cc(-c5ccccc5)c4)n3)c21. The molecule has 0 atom stereocenters. The summed E-state index contributed by atoms with van der Waals surface area (Å²) in [4.78, 5) is 15.6. The lowest BCUT2D eigenvalue weighted by Gasteiger charge is -2.22. The van der Waals surface area contributed by atoms with Crippen molar-refractivity contribution in [3.05, 3.63) is 152 Å². The van der Waals surface area contributed by atoms with E-state index in [1.54, 1.807) is 0 Å². The van der Waals surface area contributed by atoms with Crippen molar-refractivity contribution in [1.29, 1.82) is 0 Å². The fourth-order valence-electron chi connectivity index (χ4n) is 6.73. The van der Waals surface area contributed by atoms with E-state index < -0.39 is 8.07 Å². The zero-order chi connectivity index (χ0) is 30.4. The van der Waals surface area contributed by atoms with Crippen molar-refractivity contribution in [2.75, 3.05) is 0 Å². The van der Waals surface area contributed by atoms with Crippen LogP contribution in [0.1, 0.15) is 0 Å². The van der Waals surface area contributed by atoms with Gasteiger partial charge in [-0.1, -0.05) is 147 Å². The van der Waals surface area contributed by atoms with Crippen LogP contribution in [0.5, 0.6) is 0 Å². The van der Waals surface area contributed by atoms with Gasteiger partial charge < -0.3 is 0 Å². The minimum absolute atomic E-state index is 0.668. The summed E-state index contributed by atoms with van der Waals surface area (Å²) < 4.78 is 0. The van der Waals surface area contributed by atoms with Gasteiger partial charge in [-0.3, -0.25) is 0 Å². The largest absolute Gasteiger partial charge is 0.208 e. The molecule has 1 aliphatic heterocycles. The van der Waals surface area contributed by atoms with Gasteiger partial charge in [0.2, 0.25) is 0 Å². The third-order valence-electron chi connectivity index (χ3n) is 8.89. The highest BCUT2D eigenvalue weighted by Crippen LogP contribution is 2.35. The van der Waals surface area contributed by atoms with E-state index in [-0.39, 0.29) is 0 Å². The van der Waals surface area contributed by atoms with Gasteiger partial charge in [0.25, 0.3) is 0 Å². The van der Waals surface area contributed by atoms with Crippen LogP contribution in [0.25, 0.3) is 67.5 Å². The molecule has 0 unspecified atom stereocenters. The summed E-state index contributed by atoms with van der Waals surface area (Å²) >= 11 is 0. The van der Waals surface area contributed by atoms with Gasteiger partial charge in [0.15, 0.2) is 17.5 Å². The van der Waals surface area contributed by atoms with E-state index in [0.717, 1.165) is 44.8 Å². The predicted octanol–water partition coefficient (Wildman–Crippen LogP) is 9.01. The number of benzene rings is 6. The van der Waals surface area contributed by atoms with Gasteiger partial charge in [0, 0.05) is 16.7 Å². The monoisotopic (exact) mass is 593 g/mol. The van der Waals surface area contributed by atoms with Crippen molar-refractivity contribution in [2.24, 2.45) is 0 Å². The number of rotatable bonds is 5. The molecule has 0 saturated carbocycles. The smallest absolute Gasteiger partial charge is 0.164 e. The lowest BCUT2D eigenvalue weighted by atomic mass is 9.96. The average molecular weight is 594 g/mol. The molecule has 4 heteroatoms. The summed E-state index contributed by atoms with van der Waals surface area (Å²) in [6.07, 6.45) is 0. The molecule has 0 radical (unpaired) electrons. The molecule has 3 nitrogen and oxygen atoms in total. The molecule has 8 rings (SSSR count). The first kappa shape index (κ1) is 27.1. The lowest BCUT2D eigenvalue weighted by molar-refractivity contribution is 1.08. The Kier molecular flexibility index (Phi) is 6.58. The van der Waals surface area contributed by atoms with Crippen LogP contribution in [-0.4, -0.2) is 23.0 Å². The van der Waals surface area contributed by atoms with Gasteiger partial charge in [-0.2, -0.15) is 0 Å². The Morgan fingerprint density at radius 2 is 0.800 bits per heavy atom. The Bertz CT molecular complexity index is 2120. The van der Waals surface area contributed by atoms with E-state index >= 15 is 0 Å². The van der Waals surface area contributed by atoms with Crippen molar-refractivity contribution in [2.45, 2.75) is 13.1 Å². The van der Waals surface area contributed by atoms with Crippen molar-refractivity contribution in [1.82, 2.24) is 15.0 Å². The number of nitrogens with zero attached hydrogens (tertiary/aromatic N) is 3. The minimum atomic E-state index is -2.01. The quantitative estimate of drug-likeness (QED) is 0.187. The number of fused-ring (bicyclic) bond motifs is 3. The molecule has 0 N–H and O–H groups in total. The summed E-state index contributed by atoms with van der Waals surface area (Å²) in [7, 11) is -2.01. The second-order valence-corrected chi connectivity index (χ2v) is 16.4. The van der Waals surface area contributed by atoms with E-state index in [4.69, 9.17) is 15.0 Å². The van der Waals surface area contributed by atoms with E-state index in [2.05, 4.69) is 147 Å². The van der Waals surface area contributed by atoms with Crippen LogP contribution in [0.4, 0.5) is 0 Å². The van der Waals surface area contributed by atoms with Crippen molar-refractivity contribution < 1.29 is 0 Å². The zero-order valence-electron chi connectivity index (χ0n) is 25.3. The molecule has 6 aromatic carbocycles. The van der Waals surface area contributed by atoms with Gasteiger partial charge in [0.05, 0.1) is 0 Å². The number of hydrogen-bond acceptors (Lipinski definition) is 3. The Balaban J connectivity index is 1.38. The highest BCUT2D eigenvalue weighted by Gasteiger charge is 2.39. The minimum Gasteiger partial charge on any atom is -0.208 e. The van der Waals surface area contributed by atoms with Crippen LogP contribution in [0.15, 0.2) is 152 Å². The molecule has 2 heterocycles. The predicted molar refractivity (Wildman–Crippen MR) is 189 cm³/mol. The van der Waals surface area contributed by atoms with E-state index in [1.807, 2.05) is 18.2 Å². The second-order valence-electron chi connectivity index (χ2n) is 12.1. The Morgan fingerprint density at radius 1 is 0.356 bits per heavy atom. The van der Waals surface area contributed by atoms with Crippen LogP contribution in [0.3, 0.4) is 0 Å². The van der Waals surface area contributed by atoms with Crippen LogP contribution >= 0.6 is 0 Å². The van der Waals surface area contributed by atoms with Crippen molar-refractivity contribution >= 4 is 18.4 Å². The molecular formula is C41H31N3Si. The molecule has 7 aromatic rings. The van der Waals surface area contributed by atoms with Crippen molar-refractivity contribution in [3.63, 3.8) is 0 Å². The Labute approximate surface area is 265 Å². The number of hydrogen-bond donors (Lipinski definition) is 0. The standard InChI is InChI=1S/C41H31N3Si/c1-45(2)37-24-13-12-21-34(37)35-22-14-23-36(38(35)45)41-43-39(30-19-10-5-11-20-30)42-40(44-41)33-26-31(28-15-6-3-7-16-28)25-32(27-33)29-17-8-4-9-18-29/h3-27H,1-2H3. The molecule has 0 saturated heterocycles. The van der Waals surface area contributed by atoms with Crippen LogP contribution in [0, 0.1) is 0 Å². The molecule has 214 valence electrons. The summed E-state index contributed by atoms with van der Waals surface area (Å²) in [6, 6.07) is 53.4. The summed E-state index contributed by atoms with van der Waals surface area (Å²) in [5.74, 6) is 2.06. The first-order valence-corrected chi connectivity index (χ1v) is 18.4. The average Bonchev–Trinajstić information content (AvgIpc) is 3.35. The number of aromatic nitrogens is 3. The normalized spacial score (nSPS) is 12.8. The lowest BCUT2D eigenvalue weighted by Crippen LogP contribution is -2.50. The maximum absolute atomic E-state index is 5.27. The molecule has 1 aromatic heterocycles. The van der Waals surface area contributed by atoms with Gasteiger partial charge in [-0.25, -0.2) is 15.0 Å². The van der Waals surface area contributed by atoms with Crippen molar-refractivity contribution in [3.8, 4) is 67.5 Å². The first-order chi connectivity index (χ1) is 22.1. The maximum atomic E-state index is 5.27. The molecule has 1 aliphatic rings. The summed E-state index contributed by atoms with van der Waals surface area (Å²) in [5, 5.41) is 2.86. The second kappa shape index (κ2) is 10.9. The topological polar surface area (TPSA) is 38.7 Å². The van der Waals surface area contributed by atoms with Gasteiger partial charge in [0.1, 0.15) is 8.07 Å². The molecule has 0 aliphatic carbocycles. The van der Waals surface area contributed by atoms with Crippen LogP contribution in [0.2, 0.25) is 13.1 Å². The summed E-state index contributed by atoms with van der Waals surface area (Å²) in [6.45, 7) is 4.88. The maximum Gasteiger partial charge on any atom is 0.164 e. The van der Waals surface area contributed by atoms with Gasteiger partial charge in [-0.15, -0.1) is 0 Å². The fraction of sp³-hybridized carbons (Fsp3) is 0.0488.